The lowest BCUT2D eigenvalue weighted by atomic mass is 10.1. The number of carbonyl (C=O) groups is 1. The van der Waals surface area contributed by atoms with Crippen LogP contribution in [0.3, 0.4) is 0 Å². The number of hydrogen-bond acceptors (Lipinski definition) is 3. The van der Waals surface area contributed by atoms with Gasteiger partial charge in [0.05, 0.1) is 0 Å². The predicted octanol–water partition coefficient (Wildman–Crippen LogP) is 2.19. The van der Waals surface area contributed by atoms with Crippen molar-refractivity contribution in [3.8, 4) is 0 Å². The zero-order chi connectivity index (χ0) is 11.4. The summed E-state index contributed by atoms with van der Waals surface area (Å²) >= 11 is 0. The van der Waals surface area contributed by atoms with E-state index in [0.717, 1.165) is 6.29 Å². The molecule has 0 bridgehead atoms. The normalized spacial score (nSPS) is 10.1. The Bertz CT molecular complexity index is 509. The van der Waals surface area contributed by atoms with E-state index in [0.29, 0.717) is 17.9 Å². The van der Waals surface area contributed by atoms with Crippen LogP contribution < -0.4 is 0 Å². The first-order chi connectivity index (χ1) is 7.79. The summed E-state index contributed by atoms with van der Waals surface area (Å²) in [6, 6.07) is 9.70. The maximum atomic E-state index is 10.6. The van der Waals surface area contributed by atoms with Crippen molar-refractivity contribution in [2.75, 3.05) is 0 Å². The molecule has 0 spiro atoms. The fourth-order valence-corrected chi connectivity index (χ4v) is 1.54. The van der Waals surface area contributed by atoms with Crippen molar-refractivity contribution in [1.82, 2.24) is 9.97 Å². The molecule has 1 aromatic carbocycles. The van der Waals surface area contributed by atoms with Crippen molar-refractivity contribution in [2.24, 2.45) is 0 Å². The van der Waals surface area contributed by atoms with Gasteiger partial charge >= 0.3 is 0 Å². The van der Waals surface area contributed by atoms with Crippen LogP contribution in [-0.4, -0.2) is 16.3 Å². The maximum absolute atomic E-state index is 10.6. The molecule has 0 aliphatic heterocycles. The van der Waals surface area contributed by atoms with Crippen molar-refractivity contribution in [3.05, 3.63) is 59.2 Å². The predicted molar refractivity (Wildman–Crippen MR) is 61.4 cm³/mol. The van der Waals surface area contributed by atoms with E-state index >= 15 is 0 Å². The second kappa shape index (κ2) is 4.66. The van der Waals surface area contributed by atoms with Crippen molar-refractivity contribution in [1.29, 1.82) is 0 Å². The molecule has 0 unspecified atom stereocenters. The lowest BCUT2D eigenvalue weighted by Crippen LogP contribution is -2.00. The van der Waals surface area contributed by atoms with E-state index in [9.17, 15) is 4.79 Å². The molecule has 0 amide bonds. The molecule has 0 N–H and O–H groups in total. The summed E-state index contributed by atoms with van der Waals surface area (Å²) in [4.78, 5) is 18.9. The third-order valence-electron chi connectivity index (χ3n) is 2.46. The molecular weight excluding hydrogens is 200 g/mol. The van der Waals surface area contributed by atoms with Gasteiger partial charge in [0.15, 0.2) is 6.29 Å². The quantitative estimate of drug-likeness (QED) is 0.732. The molecule has 16 heavy (non-hydrogen) atoms. The van der Waals surface area contributed by atoms with Crippen LogP contribution in [0.25, 0.3) is 0 Å². The number of aldehydes is 1. The Kier molecular flexibility index (Phi) is 3.05. The van der Waals surface area contributed by atoms with E-state index in [1.54, 1.807) is 12.3 Å². The molecular formula is C13H12N2O. The highest BCUT2D eigenvalue weighted by Gasteiger charge is 2.02. The van der Waals surface area contributed by atoms with Crippen LogP contribution in [0, 0.1) is 6.92 Å². The molecule has 0 aliphatic rings. The third kappa shape index (κ3) is 2.31. The van der Waals surface area contributed by atoms with Gasteiger partial charge in [0.2, 0.25) is 0 Å². The van der Waals surface area contributed by atoms with Gasteiger partial charge in [-0.3, -0.25) is 4.79 Å². The minimum absolute atomic E-state index is 0.429. The van der Waals surface area contributed by atoms with Crippen LogP contribution in [0.15, 0.2) is 36.5 Å². The van der Waals surface area contributed by atoms with Crippen LogP contribution in [0.2, 0.25) is 0 Å². The number of benzene rings is 1. The van der Waals surface area contributed by atoms with Crippen molar-refractivity contribution < 1.29 is 4.79 Å². The fraction of sp³-hybridized carbons (Fsp3) is 0.154. The third-order valence-corrected chi connectivity index (χ3v) is 2.46. The largest absolute Gasteiger partial charge is 0.296 e. The lowest BCUT2D eigenvalue weighted by molar-refractivity contribution is 0.111. The molecule has 3 nitrogen and oxygen atoms in total. The van der Waals surface area contributed by atoms with Crippen LogP contribution >= 0.6 is 0 Å². The molecule has 0 saturated carbocycles. The highest BCUT2D eigenvalue weighted by atomic mass is 16.1. The van der Waals surface area contributed by atoms with Gasteiger partial charge in [0.1, 0.15) is 11.5 Å². The Balaban J connectivity index is 2.27. The Morgan fingerprint density at radius 2 is 2.06 bits per heavy atom. The topological polar surface area (TPSA) is 42.9 Å². The standard InChI is InChI=1S/C13H12N2O/c1-10-4-2-3-5-11(10)8-13-14-7-6-12(9-16)15-13/h2-7,9H,8H2,1H3. The monoisotopic (exact) mass is 212 g/mol. The van der Waals surface area contributed by atoms with E-state index in [2.05, 4.69) is 23.0 Å². The smallest absolute Gasteiger partial charge is 0.168 e. The summed E-state index contributed by atoms with van der Waals surface area (Å²) in [5, 5.41) is 0. The molecule has 0 aliphatic carbocycles. The van der Waals surface area contributed by atoms with Gasteiger partial charge in [-0.2, -0.15) is 0 Å². The first kappa shape index (κ1) is 10.5. The van der Waals surface area contributed by atoms with Gasteiger partial charge in [-0.05, 0) is 24.1 Å². The van der Waals surface area contributed by atoms with Gasteiger partial charge in [0, 0.05) is 12.6 Å². The molecule has 80 valence electrons. The van der Waals surface area contributed by atoms with E-state index in [1.807, 2.05) is 18.2 Å². The number of rotatable bonds is 3. The Morgan fingerprint density at radius 3 is 2.81 bits per heavy atom. The van der Waals surface area contributed by atoms with Gasteiger partial charge in [0.25, 0.3) is 0 Å². The van der Waals surface area contributed by atoms with Gasteiger partial charge < -0.3 is 0 Å². The zero-order valence-electron chi connectivity index (χ0n) is 9.05. The van der Waals surface area contributed by atoms with Crippen LogP contribution in [-0.2, 0) is 6.42 Å². The van der Waals surface area contributed by atoms with E-state index in [-0.39, 0.29) is 0 Å². The van der Waals surface area contributed by atoms with Gasteiger partial charge in [-0.15, -0.1) is 0 Å². The Labute approximate surface area is 94.2 Å². The molecule has 1 heterocycles. The van der Waals surface area contributed by atoms with Gasteiger partial charge in [-0.1, -0.05) is 24.3 Å². The molecule has 1 aromatic heterocycles. The molecule has 0 saturated heterocycles. The first-order valence-corrected chi connectivity index (χ1v) is 5.11. The van der Waals surface area contributed by atoms with Crippen LogP contribution in [0.1, 0.15) is 27.4 Å². The van der Waals surface area contributed by atoms with Crippen molar-refractivity contribution in [3.63, 3.8) is 0 Å². The number of hydrogen-bond donors (Lipinski definition) is 0. The minimum atomic E-state index is 0.429. The van der Waals surface area contributed by atoms with E-state index in [4.69, 9.17) is 0 Å². The molecule has 2 rings (SSSR count). The average Bonchev–Trinajstić information content (AvgIpc) is 2.32. The number of aromatic nitrogens is 2. The summed E-state index contributed by atoms with van der Waals surface area (Å²) in [7, 11) is 0. The molecule has 3 heteroatoms. The summed E-state index contributed by atoms with van der Waals surface area (Å²) in [5.74, 6) is 0.680. The molecule has 2 aromatic rings. The van der Waals surface area contributed by atoms with E-state index in [1.165, 1.54) is 11.1 Å². The molecule has 0 fully saturated rings. The summed E-state index contributed by atoms with van der Waals surface area (Å²) < 4.78 is 0. The zero-order valence-corrected chi connectivity index (χ0v) is 9.05. The second-order valence-corrected chi connectivity index (χ2v) is 3.62. The number of nitrogens with zero attached hydrogens (tertiary/aromatic N) is 2. The number of carbonyl (C=O) groups excluding carboxylic acids is 1. The Hall–Kier alpha value is -2.03. The highest BCUT2D eigenvalue weighted by molar-refractivity contribution is 5.71. The molecule has 0 radical (unpaired) electrons. The fourth-order valence-electron chi connectivity index (χ4n) is 1.54. The van der Waals surface area contributed by atoms with Crippen LogP contribution in [0.5, 0.6) is 0 Å². The molecule has 0 atom stereocenters. The Morgan fingerprint density at radius 1 is 1.25 bits per heavy atom. The summed E-state index contributed by atoms with van der Waals surface area (Å²) in [5.41, 5.74) is 2.83. The minimum Gasteiger partial charge on any atom is -0.296 e. The number of aryl methyl sites for hydroxylation is 1. The van der Waals surface area contributed by atoms with Crippen molar-refractivity contribution in [2.45, 2.75) is 13.3 Å². The average molecular weight is 212 g/mol. The van der Waals surface area contributed by atoms with Gasteiger partial charge in [-0.25, -0.2) is 9.97 Å². The van der Waals surface area contributed by atoms with E-state index < -0.39 is 0 Å². The second-order valence-electron chi connectivity index (χ2n) is 3.62. The highest BCUT2D eigenvalue weighted by Crippen LogP contribution is 2.10. The summed E-state index contributed by atoms with van der Waals surface area (Å²) in [6.45, 7) is 2.05. The van der Waals surface area contributed by atoms with Crippen molar-refractivity contribution >= 4 is 6.29 Å². The SMILES string of the molecule is Cc1ccccc1Cc1nccc(C=O)n1. The lowest BCUT2D eigenvalue weighted by Gasteiger charge is -2.04. The first-order valence-electron chi connectivity index (χ1n) is 5.11. The maximum Gasteiger partial charge on any atom is 0.168 e. The van der Waals surface area contributed by atoms with Crippen LogP contribution in [0.4, 0.5) is 0 Å². The summed E-state index contributed by atoms with van der Waals surface area (Å²) in [6.07, 6.45) is 3.02.